The Bertz CT molecular complexity index is 724. The van der Waals surface area contributed by atoms with Crippen LogP contribution in [0, 0.1) is 5.92 Å². The van der Waals surface area contributed by atoms with Gasteiger partial charge in [-0.2, -0.15) is 0 Å². The maximum atomic E-state index is 12.8. The van der Waals surface area contributed by atoms with Crippen LogP contribution in [0.15, 0.2) is 30.3 Å². The molecule has 7 heteroatoms. The van der Waals surface area contributed by atoms with Gasteiger partial charge >= 0.3 is 5.97 Å². The maximum absolute atomic E-state index is 12.8. The van der Waals surface area contributed by atoms with E-state index in [4.69, 9.17) is 4.74 Å². The lowest BCUT2D eigenvalue weighted by Gasteiger charge is -2.33. The summed E-state index contributed by atoms with van der Waals surface area (Å²) >= 11 is 1.61. The molecule has 0 aromatic heterocycles. The molecule has 1 aromatic carbocycles. The zero-order valence-electron chi connectivity index (χ0n) is 15.9. The van der Waals surface area contributed by atoms with Crippen LogP contribution >= 0.6 is 11.8 Å². The number of benzene rings is 1. The average Bonchev–Trinajstić information content (AvgIpc) is 3.19. The molecule has 0 radical (unpaired) electrons. The molecule has 2 aliphatic heterocycles. The summed E-state index contributed by atoms with van der Waals surface area (Å²) < 4.78 is 5.41. The zero-order valence-corrected chi connectivity index (χ0v) is 16.8. The minimum absolute atomic E-state index is 0.0392. The van der Waals surface area contributed by atoms with Crippen molar-refractivity contribution in [2.75, 3.05) is 12.3 Å². The number of rotatable bonds is 6. The molecule has 2 aliphatic rings. The fourth-order valence-corrected chi connectivity index (χ4v) is 5.21. The number of nitrogens with zero attached hydrogens (tertiary/aromatic N) is 1. The van der Waals surface area contributed by atoms with Gasteiger partial charge in [-0.3, -0.25) is 9.59 Å². The first-order valence-corrected chi connectivity index (χ1v) is 10.3. The van der Waals surface area contributed by atoms with Crippen LogP contribution in [0.2, 0.25) is 0 Å². The van der Waals surface area contributed by atoms with E-state index in [1.807, 2.05) is 44.2 Å². The number of hydrogen-bond acceptors (Lipinski definition) is 5. The van der Waals surface area contributed by atoms with Crippen molar-refractivity contribution in [2.45, 2.75) is 50.6 Å². The van der Waals surface area contributed by atoms with Gasteiger partial charge in [0, 0.05) is 18.7 Å². The summed E-state index contributed by atoms with van der Waals surface area (Å²) in [6.45, 7) is 6.08. The number of nitrogens with one attached hydrogen (secondary N) is 1. The van der Waals surface area contributed by atoms with E-state index in [9.17, 15) is 14.4 Å². The van der Waals surface area contributed by atoms with E-state index in [1.165, 1.54) is 0 Å². The predicted octanol–water partition coefficient (Wildman–Crippen LogP) is 2.28. The second kappa shape index (κ2) is 7.92. The van der Waals surface area contributed by atoms with E-state index in [1.54, 1.807) is 23.6 Å². The second-order valence-corrected chi connectivity index (χ2v) is 8.76. The molecule has 146 valence electrons. The predicted molar refractivity (Wildman–Crippen MR) is 104 cm³/mol. The molecule has 6 nitrogen and oxygen atoms in total. The van der Waals surface area contributed by atoms with Gasteiger partial charge in [-0.25, -0.2) is 4.79 Å². The topological polar surface area (TPSA) is 75.7 Å². The van der Waals surface area contributed by atoms with Gasteiger partial charge in [-0.05, 0) is 24.8 Å². The third-order valence-corrected chi connectivity index (χ3v) is 6.57. The molecule has 2 heterocycles. The Morgan fingerprint density at radius 3 is 2.67 bits per heavy atom. The summed E-state index contributed by atoms with van der Waals surface area (Å²) in [5.74, 6) is -0.0770. The van der Waals surface area contributed by atoms with Gasteiger partial charge in [-0.15, -0.1) is 11.8 Å². The molecule has 2 fully saturated rings. The smallest absolute Gasteiger partial charge is 0.330 e. The Labute approximate surface area is 164 Å². The summed E-state index contributed by atoms with van der Waals surface area (Å²) in [5.41, 5.74) is 1.03. The fraction of sp³-hybridized carbons (Fsp3) is 0.550. The number of carbonyl (C=O) groups excluding carboxylic acids is 3. The summed E-state index contributed by atoms with van der Waals surface area (Å²) in [6, 6.07) is 9.15. The van der Waals surface area contributed by atoms with Crippen molar-refractivity contribution >= 4 is 29.5 Å². The highest BCUT2D eigenvalue weighted by Gasteiger charge is 2.57. The number of amides is 2. The van der Waals surface area contributed by atoms with Gasteiger partial charge in [0.1, 0.15) is 10.9 Å². The summed E-state index contributed by atoms with van der Waals surface area (Å²) in [6.07, 6.45) is 0.204. The molecule has 3 rings (SSSR count). The highest BCUT2D eigenvalue weighted by atomic mass is 32.2. The highest BCUT2D eigenvalue weighted by molar-refractivity contribution is 8.00. The molecule has 1 N–H and O–H groups in total. The third kappa shape index (κ3) is 3.83. The highest BCUT2D eigenvalue weighted by Crippen LogP contribution is 2.54. The van der Waals surface area contributed by atoms with Gasteiger partial charge in [0.25, 0.3) is 5.91 Å². The van der Waals surface area contributed by atoms with Gasteiger partial charge < -0.3 is 15.0 Å². The molecule has 3 atom stereocenters. The first-order chi connectivity index (χ1) is 12.8. The first-order valence-electron chi connectivity index (χ1n) is 9.35. The van der Waals surface area contributed by atoms with Crippen LogP contribution in [-0.2, 0) is 24.0 Å². The normalized spacial score (nSPS) is 25.4. The summed E-state index contributed by atoms with van der Waals surface area (Å²) in [4.78, 5) is 38.6. The number of carbonyl (C=O) groups is 3. The Balaban J connectivity index is 1.71. The number of thioether (sulfide) groups is 1. The molecule has 2 saturated heterocycles. The molecular formula is C20H26N2O4S. The average molecular weight is 391 g/mol. The Hall–Kier alpha value is -2.02. The molecule has 0 bridgehead atoms. The number of fused-ring (bicyclic) bond motifs is 1. The largest absolute Gasteiger partial charge is 0.451 e. The zero-order chi connectivity index (χ0) is 19.6. The van der Waals surface area contributed by atoms with Crippen LogP contribution in [-0.4, -0.2) is 47.1 Å². The molecule has 0 aliphatic carbocycles. The Kier molecular flexibility index (Phi) is 5.79. The Morgan fingerprint density at radius 1 is 1.30 bits per heavy atom. The van der Waals surface area contributed by atoms with Gasteiger partial charge in [-0.1, -0.05) is 44.2 Å². The van der Waals surface area contributed by atoms with Crippen molar-refractivity contribution < 1.29 is 19.1 Å². The van der Waals surface area contributed by atoms with Crippen molar-refractivity contribution in [1.82, 2.24) is 10.2 Å². The van der Waals surface area contributed by atoms with E-state index in [2.05, 4.69) is 5.32 Å². The van der Waals surface area contributed by atoms with Crippen LogP contribution in [0.3, 0.4) is 0 Å². The van der Waals surface area contributed by atoms with E-state index in [0.29, 0.717) is 31.1 Å². The number of hydrogen-bond donors (Lipinski definition) is 1. The maximum Gasteiger partial charge on any atom is 0.330 e. The third-order valence-electron chi connectivity index (χ3n) is 4.97. The minimum Gasteiger partial charge on any atom is -0.451 e. The van der Waals surface area contributed by atoms with Gasteiger partial charge in [0.05, 0.1) is 0 Å². The monoisotopic (exact) mass is 390 g/mol. The number of esters is 1. The quantitative estimate of drug-likeness (QED) is 0.754. The van der Waals surface area contributed by atoms with E-state index >= 15 is 0 Å². The minimum atomic E-state index is -0.884. The van der Waals surface area contributed by atoms with Crippen molar-refractivity contribution in [1.29, 1.82) is 0 Å². The second-order valence-electron chi connectivity index (χ2n) is 7.46. The Morgan fingerprint density at radius 2 is 2.00 bits per heavy atom. The fourth-order valence-electron chi connectivity index (χ4n) is 3.57. The van der Waals surface area contributed by atoms with Crippen LogP contribution in [0.25, 0.3) is 0 Å². The standard InChI is InChI=1S/C20H26N2O4S/c1-13(2)11-21-18(24)14(3)26-19(25)16-12-27-20(10-9-17(23)22(16)20)15-7-5-4-6-8-15/h4-8,13-14,16H,9-12H2,1-3H3,(H,21,24)/t14-,16+,20+/m0/s1. The summed E-state index contributed by atoms with van der Waals surface area (Å²) in [7, 11) is 0. The van der Waals surface area contributed by atoms with Crippen molar-refractivity contribution in [2.24, 2.45) is 5.92 Å². The number of ether oxygens (including phenoxy) is 1. The molecule has 0 saturated carbocycles. The van der Waals surface area contributed by atoms with Crippen LogP contribution in [0.5, 0.6) is 0 Å². The van der Waals surface area contributed by atoms with E-state index in [0.717, 1.165) is 5.56 Å². The molecule has 27 heavy (non-hydrogen) atoms. The van der Waals surface area contributed by atoms with E-state index < -0.39 is 23.0 Å². The molecular weight excluding hydrogens is 364 g/mol. The van der Waals surface area contributed by atoms with Gasteiger partial charge in [0.15, 0.2) is 6.10 Å². The molecule has 0 spiro atoms. The van der Waals surface area contributed by atoms with E-state index in [-0.39, 0.29) is 11.8 Å². The van der Waals surface area contributed by atoms with Crippen molar-refractivity contribution in [3.05, 3.63) is 35.9 Å². The molecule has 2 amide bonds. The lowest BCUT2D eigenvalue weighted by atomic mass is 10.0. The molecule has 0 unspecified atom stereocenters. The molecule has 1 aromatic rings. The van der Waals surface area contributed by atoms with Crippen molar-refractivity contribution in [3.63, 3.8) is 0 Å². The summed E-state index contributed by atoms with van der Waals surface area (Å²) in [5, 5.41) is 2.76. The van der Waals surface area contributed by atoms with Crippen LogP contribution in [0.4, 0.5) is 0 Å². The van der Waals surface area contributed by atoms with Crippen LogP contribution < -0.4 is 5.32 Å². The van der Waals surface area contributed by atoms with Crippen LogP contribution in [0.1, 0.15) is 39.2 Å². The van der Waals surface area contributed by atoms with Crippen molar-refractivity contribution in [3.8, 4) is 0 Å². The SMILES string of the molecule is CC(C)CNC(=O)[C@H](C)OC(=O)[C@H]1CS[C@@]2(c3ccccc3)CCC(=O)N12. The lowest BCUT2D eigenvalue weighted by molar-refractivity contribution is -0.161. The van der Waals surface area contributed by atoms with Gasteiger partial charge in [0.2, 0.25) is 5.91 Å². The first kappa shape index (κ1) is 19.7. The lowest BCUT2D eigenvalue weighted by Crippen LogP contribution is -2.48.